The van der Waals surface area contributed by atoms with Crippen LogP contribution in [0.2, 0.25) is 0 Å². The molecule has 1 saturated heterocycles. The van der Waals surface area contributed by atoms with Crippen LogP contribution in [-0.2, 0) is 26.9 Å². The molecular weight excluding hydrogens is 500 g/mol. The van der Waals surface area contributed by atoms with E-state index in [1.807, 2.05) is 12.1 Å². The molecule has 1 unspecified atom stereocenters. The summed E-state index contributed by atoms with van der Waals surface area (Å²) in [6.45, 7) is 17.4. The minimum Gasteiger partial charge on any atom is -0.468 e. The van der Waals surface area contributed by atoms with Crippen LogP contribution in [0.3, 0.4) is 0 Å². The fourth-order valence-electron chi connectivity index (χ4n) is 5.29. The van der Waals surface area contributed by atoms with Gasteiger partial charge in [-0.2, -0.15) is 0 Å². The molecule has 0 amide bonds. The third-order valence-corrected chi connectivity index (χ3v) is 8.10. The quantitative estimate of drug-likeness (QED) is 0.342. The Morgan fingerprint density at radius 1 is 0.971 bits per heavy atom. The number of esters is 1. The van der Waals surface area contributed by atoms with Crippen LogP contribution in [0.5, 0.6) is 0 Å². The van der Waals surface area contributed by atoms with E-state index in [0.717, 1.165) is 62.1 Å². The van der Waals surface area contributed by atoms with Gasteiger partial charge < -0.3 is 9.64 Å². The summed E-state index contributed by atoms with van der Waals surface area (Å²) >= 11 is 3.58. The Labute approximate surface area is 221 Å². The minimum absolute atomic E-state index is 0.132. The average molecular weight is 544 g/mol. The highest BCUT2D eigenvalue weighted by atomic mass is 79.9. The highest BCUT2D eigenvalue weighted by molar-refractivity contribution is 9.10. The summed E-state index contributed by atoms with van der Waals surface area (Å²) in [4.78, 5) is 18.2. The largest absolute Gasteiger partial charge is 0.468 e. The van der Waals surface area contributed by atoms with Gasteiger partial charge >= 0.3 is 5.97 Å². The van der Waals surface area contributed by atoms with Gasteiger partial charge in [0.05, 0.1) is 12.5 Å². The van der Waals surface area contributed by atoms with Gasteiger partial charge in [0, 0.05) is 37.2 Å². The van der Waals surface area contributed by atoms with Crippen LogP contribution < -0.4 is 0 Å². The number of benzene rings is 2. The second kappa shape index (κ2) is 12.0. The summed E-state index contributed by atoms with van der Waals surface area (Å²) in [6, 6.07) is 17.3. The van der Waals surface area contributed by atoms with Crippen molar-refractivity contribution in [3.63, 3.8) is 0 Å². The van der Waals surface area contributed by atoms with Gasteiger partial charge in [-0.1, -0.05) is 86.9 Å². The number of ether oxygens (including phenoxy) is 1. The molecular formula is C30H43BrN2O2. The van der Waals surface area contributed by atoms with Crippen molar-refractivity contribution in [1.82, 2.24) is 9.80 Å². The molecule has 2 aromatic rings. The number of carbonyl (C=O) groups excluding carboxylic acids is 1. The summed E-state index contributed by atoms with van der Waals surface area (Å²) in [7, 11) is 1.51. The molecule has 5 heteroatoms. The molecule has 0 spiro atoms. The Kier molecular flexibility index (Phi) is 9.59. The average Bonchev–Trinajstić information content (AvgIpc) is 2.82. The minimum atomic E-state index is -0.625. The van der Waals surface area contributed by atoms with Crippen LogP contribution in [0, 0.1) is 5.92 Å². The van der Waals surface area contributed by atoms with Gasteiger partial charge in [0.15, 0.2) is 0 Å². The molecule has 1 atom stereocenters. The predicted octanol–water partition coefficient (Wildman–Crippen LogP) is 6.41. The maximum atomic E-state index is 13.1. The normalized spacial score (nSPS) is 17.4. The summed E-state index contributed by atoms with van der Waals surface area (Å²) < 4.78 is 6.33. The lowest BCUT2D eigenvalue weighted by molar-refractivity contribution is -0.150. The van der Waals surface area contributed by atoms with Crippen LogP contribution in [-0.4, -0.2) is 55.6 Å². The molecule has 1 aliphatic heterocycles. The second-order valence-corrected chi connectivity index (χ2v) is 12.2. The van der Waals surface area contributed by atoms with Gasteiger partial charge in [-0.15, -0.1) is 0 Å². The number of piperazine rings is 1. The smallest absolute Gasteiger partial charge is 0.316 e. The number of hydrogen-bond acceptors (Lipinski definition) is 4. The van der Waals surface area contributed by atoms with Gasteiger partial charge in [0.25, 0.3) is 0 Å². The van der Waals surface area contributed by atoms with Gasteiger partial charge in [0.1, 0.15) is 0 Å². The molecule has 0 saturated carbocycles. The lowest BCUT2D eigenvalue weighted by atomic mass is 9.68. The molecule has 0 bridgehead atoms. The molecule has 1 aliphatic rings. The summed E-state index contributed by atoms with van der Waals surface area (Å²) in [5.74, 6) is 0.0127. The van der Waals surface area contributed by atoms with E-state index in [-0.39, 0.29) is 17.3 Å². The number of hydrogen-bond donors (Lipinski definition) is 0. The molecule has 1 fully saturated rings. The van der Waals surface area contributed by atoms with Crippen LogP contribution in [0.1, 0.15) is 64.2 Å². The zero-order valence-electron chi connectivity index (χ0n) is 22.4. The van der Waals surface area contributed by atoms with E-state index >= 15 is 0 Å². The first-order valence-electron chi connectivity index (χ1n) is 12.9. The molecule has 2 aromatic carbocycles. The highest BCUT2D eigenvalue weighted by Crippen LogP contribution is 2.39. The first kappa shape index (κ1) is 27.9. The zero-order chi connectivity index (χ0) is 25.6. The maximum Gasteiger partial charge on any atom is 0.316 e. The molecule has 0 aromatic heterocycles. The van der Waals surface area contributed by atoms with Crippen LogP contribution in [0.25, 0.3) is 0 Å². The van der Waals surface area contributed by atoms with E-state index in [1.54, 1.807) is 0 Å². The van der Waals surface area contributed by atoms with E-state index in [0.29, 0.717) is 0 Å². The summed E-state index contributed by atoms with van der Waals surface area (Å²) in [5, 5.41) is 0. The number of rotatable bonds is 9. The summed E-state index contributed by atoms with van der Waals surface area (Å²) in [6.07, 6.45) is 1.75. The first-order valence-corrected chi connectivity index (χ1v) is 13.7. The maximum absolute atomic E-state index is 13.1. The first-order chi connectivity index (χ1) is 16.6. The van der Waals surface area contributed by atoms with E-state index < -0.39 is 5.41 Å². The third kappa shape index (κ3) is 6.96. The zero-order valence-corrected chi connectivity index (χ0v) is 24.0. The third-order valence-electron chi connectivity index (χ3n) is 7.61. The number of halogens is 1. The molecule has 1 heterocycles. The molecule has 3 rings (SSSR count). The summed E-state index contributed by atoms with van der Waals surface area (Å²) in [5.41, 5.74) is 3.39. The molecule has 192 valence electrons. The number of carbonyl (C=O) groups is 1. The van der Waals surface area contributed by atoms with Crippen molar-refractivity contribution in [3.05, 3.63) is 69.7 Å². The number of methoxy groups -OCH3 is 1. The van der Waals surface area contributed by atoms with Crippen molar-refractivity contribution in [1.29, 1.82) is 0 Å². The molecule has 0 aliphatic carbocycles. The number of nitrogens with zero attached hydrogens (tertiary/aromatic N) is 2. The van der Waals surface area contributed by atoms with E-state index in [2.05, 4.69) is 96.7 Å². The van der Waals surface area contributed by atoms with Gasteiger partial charge in [-0.25, -0.2) is 0 Å². The molecule has 0 N–H and O–H groups in total. The van der Waals surface area contributed by atoms with Crippen molar-refractivity contribution >= 4 is 21.9 Å². The van der Waals surface area contributed by atoms with E-state index in [9.17, 15) is 4.79 Å². The molecule has 35 heavy (non-hydrogen) atoms. The second-order valence-electron chi connectivity index (χ2n) is 11.3. The standard InChI is InChI=1S/C30H43BrN2O2/c1-23(2)30(28(34)35-6,26-9-7-10-27(31)21-26)15-8-16-32-17-19-33(20-18-32)22-24-11-13-25(14-12-24)29(3,4)5/h7,9-14,21,23H,8,15-20,22H2,1-6H3. The fourth-order valence-corrected chi connectivity index (χ4v) is 5.69. The molecule has 4 nitrogen and oxygen atoms in total. The Balaban J connectivity index is 1.55. The monoisotopic (exact) mass is 542 g/mol. The van der Waals surface area contributed by atoms with Crippen molar-refractivity contribution in [2.45, 2.75) is 64.8 Å². The van der Waals surface area contributed by atoms with Gasteiger partial charge in [-0.05, 0) is 59.5 Å². The Hall–Kier alpha value is -1.69. The van der Waals surface area contributed by atoms with Crippen LogP contribution >= 0.6 is 15.9 Å². The van der Waals surface area contributed by atoms with Crippen molar-refractivity contribution in [3.8, 4) is 0 Å². The molecule has 0 radical (unpaired) electrons. The lowest BCUT2D eigenvalue weighted by Gasteiger charge is -2.38. The lowest BCUT2D eigenvalue weighted by Crippen LogP contribution is -2.47. The van der Waals surface area contributed by atoms with Gasteiger partial charge in [0.2, 0.25) is 0 Å². The SMILES string of the molecule is COC(=O)C(CCCN1CCN(Cc2ccc(C(C)(C)C)cc2)CC1)(c1cccc(Br)c1)C(C)C. The topological polar surface area (TPSA) is 32.8 Å². The Morgan fingerprint density at radius 3 is 2.14 bits per heavy atom. The Bertz CT molecular complexity index is 959. The van der Waals surface area contributed by atoms with E-state index in [4.69, 9.17) is 4.74 Å². The van der Waals surface area contributed by atoms with E-state index in [1.165, 1.54) is 18.2 Å². The van der Waals surface area contributed by atoms with Crippen molar-refractivity contribution < 1.29 is 9.53 Å². The predicted molar refractivity (Wildman–Crippen MR) is 149 cm³/mol. The van der Waals surface area contributed by atoms with Crippen molar-refractivity contribution in [2.75, 3.05) is 39.8 Å². The van der Waals surface area contributed by atoms with Gasteiger partial charge in [-0.3, -0.25) is 9.69 Å². The van der Waals surface area contributed by atoms with Crippen LogP contribution in [0.15, 0.2) is 53.0 Å². The van der Waals surface area contributed by atoms with Crippen LogP contribution in [0.4, 0.5) is 0 Å². The Morgan fingerprint density at radius 2 is 1.60 bits per heavy atom. The van der Waals surface area contributed by atoms with Crippen molar-refractivity contribution in [2.24, 2.45) is 5.92 Å². The fraction of sp³-hybridized carbons (Fsp3) is 0.567. The highest BCUT2D eigenvalue weighted by Gasteiger charge is 2.44.